The molecule has 0 unspecified atom stereocenters. The molecule has 0 spiro atoms. The molecule has 0 atom stereocenters. The van der Waals surface area contributed by atoms with Gasteiger partial charge in [0, 0.05) is 29.2 Å². The first-order valence-corrected chi connectivity index (χ1v) is 10.0. The van der Waals surface area contributed by atoms with Crippen molar-refractivity contribution in [1.29, 1.82) is 0 Å². The van der Waals surface area contributed by atoms with E-state index in [1.54, 1.807) is 7.11 Å². The molecule has 6 heteroatoms. The van der Waals surface area contributed by atoms with Crippen molar-refractivity contribution < 1.29 is 14.2 Å². The minimum absolute atomic E-state index is 0. The van der Waals surface area contributed by atoms with Crippen molar-refractivity contribution in [2.45, 2.75) is 26.6 Å². The van der Waals surface area contributed by atoms with Gasteiger partial charge in [-0.25, -0.2) is 0 Å². The molecule has 0 heterocycles. The van der Waals surface area contributed by atoms with E-state index in [1.807, 2.05) is 61.5 Å². The van der Waals surface area contributed by atoms with Crippen LogP contribution in [-0.4, -0.2) is 13.7 Å². The lowest BCUT2D eigenvalue weighted by molar-refractivity contribution is 0.266. The van der Waals surface area contributed by atoms with E-state index < -0.39 is 0 Å². The molecule has 0 fully saturated rings. The van der Waals surface area contributed by atoms with E-state index in [0.29, 0.717) is 31.3 Å². The zero-order valence-electron chi connectivity index (χ0n) is 17.2. The monoisotopic (exact) mass is 447 g/mol. The maximum Gasteiger partial charge on any atom is 0.166 e. The van der Waals surface area contributed by atoms with Gasteiger partial charge in [0.15, 0.2) is 11.5 Å². The molecule has 160 valence electrons. The Morgan fingerprint density at radius 2 is 1.47 bits per heavy atom. The molecule has 3 aromatic rings. The fourth-order valence-corrected chi connectivity index (χ4v) is 3.18. The van der Waals surface area contributed by atoms with Gasteiger partial charge in [0.05, 0.1) is 13.7 Å². The molecule has 30 heavy (non-hydrogen) atoms. The van der Waals surface area contributed by atoms with E-state index >= 15 is 0 Å². The Morgan fingerprint density at radius 3 is 2.20 bits per heavy atom. The van der Waals surface area contributed by atoms with Crippen LogP contribution in [0.3, 0.4) is 0 Å². The molecule has 0 bridgehead atoms. The van der Waals surface area contributed by atoms with Crippen LogP contribution in [0.25, 0.3) is 0 Å². The number of ether oxygens (including phenoxy) is 3. The average molecular weight is 448 g/mol. The minimum Gasteiger partial charge on any atom is -0.496 e. The van der Waals surface area contributed by atoms with Gasteiger partial charge in [0.2, 0.25) is 0 Å². The molecule has 1 N–H and O–H groups in total. The SMILES string of the molecule is CCOc1cccc(CNCc2ccccc2OC)c1OCc1ccc(Cl)cc1.Cl. The molecule has 3 rings (SSSR count). The topological polar surface area (TPSA) is 39.7 Å². The van der Waals surface area contributed by atoms with Gasteiger partial charge in [0.25, 0.3) is 0 Å². The first-order chi connectivity index (χ1) is 14.2. The molecule has 0 saturated carbocycles. The van der Waals surface area contributed by atoms with Crippen LogP contribution in [0.4, 0.5) is 0 Å². The normalized spacial score (nSPS) is 10.2. The second-order valence-corrected chi connectivity index (χ2v) is 6.94. The number of hydrogen-bond acceptors (Lipinski definition) is 4. The molecule has 0 amide bonds. The molecule has 0 aromatic heterocycles. The van der Waals surface area contributed by atoms with Crippen LogP contribution in [0.15, 0.2) is 66.7 Å². The Morgan fingerprint density at radius 1 is 0.800 bits per heavy atom. The van der Waals surface area contributed by atoms with Gasteiger partial charge >= 0.3 is 0 Å². The molecule has 3 aromatic carbocycles. The molecule has 4 nitrogen and oxygen atoms in total. The van der Waals surface area contributed by atoms with Crippen molar-refractivity contribution in [2.24, 2.45) is 0 Å². The maximum atomic E-state index is 6.16. The molecule has 0 saturated heterocycles. The highest BCUT2D eigenvalue weighted by Crippen LogP contribution is 2.32. The van der Waals surface area contributed by atoms with E-state index in [2.05, 4.69) is 17.4 Å². The third kappa shape index (κ3) is 6.56. The van der Waals surface area contributed by atoms with Crippen molar-refractivity contribution in [2.75, 3.05) is 13.7 Å². The molecular formula is C24H27Cl2NO3. The summed E-state index contributed by atoms with van der Waals surface area (Å²) in [4.78, 5) is 0. The van der Waals surface area contributed by atoms with E-state index in [-0.39, 0.29) is 12.4 Å². The molecular weight excluding hydrogens is 421 g/mol. The Hall–Kier alpha value is -2.40. The number of para-hydroxylation sites is 2. The molecule has 0 radical (unpaired) electrons. The van der Waals surface area contributed by atoms with Crippen molar-refractivity contribution in [3.05, 3.63) is 88.4 Å². The first-order valence-electron chi connectivity index (χ1n) is 9.65. The fourth-order valence-electron chi connectivity index (χ4n) is 3.05. The summed E-state index contributed by atoms with van der Waals surface area (Å²) in [6.45, 7) is 4.33. The molecule has 0 aliphatic carbocycles. The standard InChI is InChI=1S/C24H26ClNO3.ClH/c1-3-28-23-10-6-8-20(16-26-15-19-7-4-5-9-22(19)27-2)24(23)29-17-18-11-13-21(25)14-12-18;/h4-14,26H,3,15-17H2,1-2H3;1H. The smallest absolute Gasteiger partial charge is 0.166 e. The summed E-state index contributed by atoms with van der Waals surface area (Å²) < 4.78 is 17.4. The van der Waals surface area contributed by atoms with Gasteiger partial charge in [0.1, 0.15) is 12.4 Å². The summed E-state index contributed by atoms with van der Waals surface area (Å²) in [6, 6.07) is 21.6. The van der Waals surface area contributed by atoms with Gasteiger partial charge in [-0.3, -0.25) is 0 Å². The highest BCUT2D eigenvalue weighted by molar-refractivity contribution is 6.30. The second-order valence-electron chi connectivity index (χ2n) is 6.51. The second kappa shape index (κ2) is 12.3. The quantitative estimate of drug-likeness (QED) is 0.411. The minimum atomic E-state index is 0. The Labute approximate surface area is 189 Å². The van der Waals surface area contributed by atoms with Crippen molar-refractivity contribution in [3.8, 4) is 17.2 Å². The van der Waals surface area contributed by atoms with Crippen molar-refractivity contribution in [1.82, 2.24) is 5.32 Å². The number of nitrogens with one attached hydrogen (secondary N) is 1. The van der Waals surface area contributed by atoms with Crippen LogP contribution in [0, 0.1) is 0 Å². The lowest BCUT2D eigenvalue weighted by Crippen LogP contribution is -2.14. The third-order valence-corrected chi connectivity index (χ3v) is 4.73. The van der Waals surface area contributed by atoms with E-state index in [1.165, 1.54) is 0 Å². The van der Waals surface area contributed by atoms with Crippen LogP contribution >= 0.6 is 24.0 Å². The summed E-state index contributed by atoms with van der Waals surface area (Å²) >= 11 is 5.97. The van der Waals surface area contributed by atoms with E-state index in [9.17, 15) is 0 Å². The first kappa shape index (κ1) is 23.9. The summed E-state index contributed by atoms with van der Waals surface area (Å²) in [6.07, 6.45) is 0. The highest BCUT2D eigenvalue weighted by atomic mass is 35.5. The Balaban J connectivity index is 0.00000320. The van der Waals surface area contributed by atoms with Crippen molar-refractivity contribution >= 4 is 24.0 Å². The number of benzene rings is 3. The molecule has 0 aliphatic heterocycles. The maximum absolute atomic E-state index is 6.16. The molecule has 0 aliphatic rings. The Bertz CT molecular complexity index is 917. The summed E-state index contributed by atoms with van der Waals surface area (Å²) in [5, 5.41) is 4.19. The largest absolute Gasteiger partial charge is 0.496 e. The lowest BCUT2D eigenvalue weighted by atomic mass is 10.1. The zero-order chi connectivity index (χ0) is 20.5. The summed E-state index contributed by atoms with van der Waals surface area (Å²) in [5.74, 6) is 2.39. The zero-order valence-corrected chi connectivity index (χ0v) is 18.8. The fraction of sp³-hybridized carbons (Fsp3) is 0.250. The van der Waals surface area contributed by atoms with Crippen LogP contribution in [0.1, 0.15) is 23.6 Å². The number of methoxy groups -OCH3 is 1. The third-order valence-electron chi connectivity index (χ3n) is 4.48. The van der Waals surface area contributed by atoms with Gasteiger partial charge in [-0.2, -0.15) is 0 Å². The lowest BCUT2D eigenvalue weighted by Gasteiger charge is -2.17. The van der Waals surface area contributed by atoms with Crippen LogP contribution in [-0.2, 0) is 19.7 Å². The van der Waals surface area contributed by atoms with Gasteiger partial charge < -0.3 is 19.5 Å². The summed E-state index contributed by atoms with van der Waals surface area (Å²) in [5.41, 5.74) is 3.20. The predicted octanol–water partition coefficient (Wildman–Crippen LogP) is 6.04. The summed E-state index contributed by atoms with van der Waals surface area (Å²) in [7, 11) is 1.69. The Kier molecular flexibility index (Phi) is 9.81. The van der Waals surface area contributed by atoms with Gasteiger partial charge in [-0.05, 0) is 36.8 Å². The van der Waals surface area contributed by atoms with Gasteiger partial charge in [-0.15, -0.1) is 12.4 Å². The number of hydrogen-bond donors (Lipinski definition) is 1. The van der Waals surface area contributed by atoms with Crippen molar-refractivity contribution in [3.63, 3.8) is 0 Å². The van der Waals surface area contributed by atoms with Gasteiger partial charge in [-0.1, -0.05) is 54.1 Å². The van der Waals surface area contributed by atoms with Crippen LogP contribution in [0.5, 0.6) is 17.2 Å². The highest BCUT2D eigenvalue weighted by Gasteiger charge is 2.12. The van der Waals surface area contributed by atoms with Crippen LogP contribution in [0.2, 0.25) is 5.02 Å². The van der Waals surface area contributed by atoms with Crippen LogP contribution < -0.4 is 19.5 Å². The number of halogens is 2. The number of rotatable bonds is 10. The van der Waals surface area contributed by atoms with E-state index in [4.69, 9.17) is 25.8 Å². The van der Waals surface area contributed by atoms with E-state index in [0.717, 1.165) is 33.9 Å². The average Bonchev–Trinajstić information content (AvgIpc) is 2.75. The predicted molar refractivity (Wildman–Crippen MR) is 124 cm³/mol.